The van der Waals surface area contributed by atoms with E-state index in [-0.39, 0.29) is 0 Å². The van der Waals surface area contributed by atoms with Crippen LogP contribution in [-0.2, 0) is 0 Å². The molecule has 0 radical (unpaired) electrons. The third-order valence-corrected chi connectivity index (χ3v) is 3.91. The molecule has 0 aliphatic heterocycles. The summed E-state index contributed by atoms with van der Waals surface area (Å²) in [7, 11) is 0. The second-order valence-electron chi connectivity index (χ2n) is 5.51. The molecule has 0 spiro atoms. The van der Waals surface area contributed by atoms with Gasteiger partial charge in [-0.1, -0.05) is 37.5 Å². The number of anilines is 1. The summed E-state index contributed by atoms with van der Waals surface area (Å²) in [4.78, 5) is 19.8. The van der Waals surface area contributed by atoms with E-state index in [1.807, 2.05) is 18.2 Å². The van der Waals surface area contributed by atoms with Crippen molar-refractivity contribution < 1.29 is 4.79 Å². The highest BCUT2D eigenvalue weighted by Gasteiger charge is 2.13. The van der Waals surface area contributed by atoms with Crippen molar-refractivity contribution in [2.24, 2.45) is 0 Å². The Labute approximate surface area is 124 Å². The van der Waals surface area contributed by atoms with Crippen LogP contribution in [-0.4, -0.2) is 22.3 Å². The van der Waals surface area contributed by atoms with Crippen LogP contribution in [0.2, 0.25) is 0 Å². The number of carbonyl (C=O) groups is 1. The van der Waals surface area contributed by atoms with E-state index < -0.39 is 0 Å². The van der Waals surface area contributed by atoms with Crippen LogP contribution in [0.15, 0.2) is 36.7 Å². The second kappa shape index (κ2) is 6.48. The molecule has 1 aliphatic rings. The summed E-state index contributed by atoms with van der Waals surface area (Å²) in [5, 5.41) is 3.48. The van der Waals surface area contributed by atoms with Gasteiger partial charge in [0.1, 0.15) is 12.1 Å². The zero-order chi connectivity index (χ0) is 14.5. The van der Waals surface area contributed by atoms with Crippen LogP contribution in [0.4, 0.5) is 5.82 Å². The van der Waals surface area contributed by atoms with E-state index in [4.69, 9.17) is 0 Å². The summed E-state index contributed by atoms with van der Waals surface area (Å²) in [6.45, 7) is 0. The molecule has 0 atom stereocenters. The van der Waals surface area contributed by atoms with Crippen LogP contribution in [0, 0.1) is 0 Å². The normalized spacial score (nSPS) is 15.6. The van der Waals surface area contributed by atoms with E-state index in [2.05, 4.69) is 15.3 Å². The van der Waals surface area contributed by atoms with Gasteiger partial charge in [-0.15, -0.1) is 0 Å². The SMILES string of the molecule is O=Cc1cccc(-c2cncc(NC3CCCCC3)n2)c1. The van der Waals surface area contributed by atoms with Crippen molar-refractivity contribution in [2.75, 3.05) is 5.32 Å². The predicted octanol–water partition coefficient (Wildman–Crippen LogP) is 3.70. The standard InChI is InChI=1S/C17H19N3O/c21-12-13-5-4-6-14(9-13)16-10-18-11-17(20-16)19-15-7-2-1-3-8-15/h4-6,9-12,15H,1-3,7-8H2,(H,19,20). The number of hydrogen-bond acceptors (Lipinski definition) is 4. The zero-order valence-electron chi connectivity index (χ0n) is 12.0. The van der Waals surface area contributed by atoms with E-state index in [0.717, 1.165) is 23.4 Å². The fourth-order valence-electron chi connectivity index (χ4n) is 2.80. The summed E-state index contributed by atoms with van der Waals surface area (Å²) in [5.41, 5.74) is 2.36. The molecule has 1 saturated carbocycles. The minimum absolute atomic E-state index is 0.504. The number of nitrogens with zero attached hydrogens (tertiary/aromatic N) is 2. The van der Waals surface area contributed by atoms with E-state index in [9.17, 15) is 4.79 Å². The molecule has 1 aliphatic carbocycles. The van der Waals surface area contributed by atoms with Gasteiger partial charge in [0.2, 0.25) is 0 Å². The van der Waals surface area contributed by atoms with Crippen molar-refractivity contribution in [3.63, 3.8) is 0 Å². The molecule has 0 bridgehead atoms. The van der Waals surface area contributed by atoms with Crippen LogP contribution >= 0.6 is 0 Å². The summed E-state index contributed by atoms with van der Waals surface area (Å²) >= 11 is 0. The Morgan fingerprint density at radius 1 is 1.14 bits per heavy atom. The molecule has 4 heteroatoms. The molecule has 3 rings (SSSR count). The molecule has 0 saturated heterocycles. The lowest BCUT2D eigenvalue weighted by molar-refractivity contribution is 0.112. The highest BCUT2D eigenvalue weighted by Crippen LogP contribution is 2.22. The van der Waals surface area contributed by atoms with Gasteiger partial charge in [-0.3, -0.25) is 9.78 Å². The Bertz CT molecular complexity index is 621. The Kier molecular flexibility index (Phi) is 4.24. The van der Waals surface area contributed by atoms with Gasteiger partial charge in [0.25, 0.3) is 0 Å². The molecule has 1 aromatic carbocycles. The van der Waals surface area contributed by atoms with Crippen LogP contribution in [0.1, 0.15) is 42.5 Å². The first-order valence-electron chi connectivity index (χ1n) is 7.49. The number of hydrogen-bond donors (Lipinski definition) is 1. The number of nitrogens with one attached hydrogen (secondary N) is 1. The first-order valence-corrected chi connectivity index (χ1v) is 7.49. The molecular weight excluding hydrogens is 262 g/mol. The highest BCUT2D eigenvalue weighted by molar-refractivity contribution is 5.78. The maximum Gasteiger partial charge on any atom is 0.150 e. The second-order valence-corrected chi connectivity index (χ2v) is 5.51. The Hall–Kier alpha value is -2.23. The average Bonchev–Trinajstić information content (AvgIpc) is 2.56. The number of aldehydes is 1. The van der Waals surface area contributed by atoms with Crippen LogP contribution in [0.25, 0.3) is 11.3 Å². The minimum Gasteiger partial charge on any atom is -0.366 e. The third-order valence-electron chi connectivity index (χ3n) is 3.91. The number of carbonyl (C=O) groups excluding carboxylic acids is 1. The fraction of sp³-hybridized carbons (Fsp3) is 0.353. The van der Waals surface area contributed by atoms with Gasteiger partial charge in [0.05, 0.1) is 18.1 Å². The van der Waals surface area contributed by atoms with Crippen molar-refractivity contribution in [2.45, 2.75) is 38.1 Å². The predicted molar refractivity (Wildman–Crippen MR) is 83.4 cm³/mol. The first-order chi connectivity index (χ1) is 10.3. The molecule has 0 unspecified atom stereocenters. The van der Waals surface area contributed by atoms with E-state index in [1.54, 1.807) is 18.5 Å². The molecule has 108 valence electrons. The average molecular weight is 281 g/mol. The summed E-state index contributed by atoms with van der Waals surface area (Å²) in [6, 6.07) is 7.93. The van der Waals surface area contributed by atoms with Crippen molar-refractivity contribution in [3.8, 4) is 11.3 Å². The number of rotatable bonds is 4. The van der Waals surface area contributed by atoms with Gasteiger partial charge in [-0.2, -0.15) is 0 Å². The smallest absolute Gasteiger partial charge is 0.150 e. The Morgan fingerprint density at radius 3 is 2.81 bits per heavy atom. The summed E-state index contributed by atoms with van der Waals surface area (Å²) in [6.07, 6.45) is 10.7. The third kappa shape index (κ3) is 3.45. The van der Waals surface area contributed by atoms with E-state index >= 15 is 0 Å². The van der Waals surface area contributed by atoms with Gasteiger partial charge >= 0.3 is 0 Å². The summed E-state index contributed by atoms with van der Waals surface area (Å²) < 4.78 is 0. The topological polar surface area (TPSA) is 54.9 Å². The molecule has 1 fully saturated rings. The van der Waals surface area contributed by atoms with Gasteiger partial charge in [0, 0.05) is 17.2 Å². The molecule has 0 amide bonds. The van der Waals surface area contributed by atoms with E-state index in [1.165, 1.54) is 32.1 Å². The van der Waals surface area contributed by atoms with Crippen molar-refractivity contribution in [3.05, 3.63) is 42.2 Å². The quantitative estimate of drug-likeness (QED) is 0.868. The lowest BCUT2D eigenvalue weighted by Crippen LogP contribution is -2.22. The molecule has 21 heavy (non-hydrogen) atoms. The molecule has 2 aromatic rings. The van der Waals surface area contributed by atoms with Crippen molar-refractivity contribution in [1.29, 1.82) is 0 Å². The van der Waals surface area contributed by atoms with Gasteiger partial charge < -0.3 is 5.32 Å². The van der Waals surface area contributed by atoms with Crippen LogP contribution in [0.5, 0.6) is 0 Å². The molecule has 4 nitrogen and oxygen atoms in total. The number of benzene rings is 1. The molecule has 1 heterocycles. The maximum absolute atomic E-state index is 10.9. The van der Waals surface area contributed by atoms with Crippen LogP contribution in [0.3, 0.4) is 0 Å². The van der Waals surface area contributed by atoms with Crippen molar-refractivity contribution >= 4 is 12.1 Å². The Balaban J connectivity index is 1.80. The lowest BCUT2D eigenvalue weighted by atomic mass is 9.95. The van der Waals surface area contributed by atoms with E-state index in [0.29, 0.717) is 11.6 Å². The minimum atomic E-state index is 0.504. The lowest BCUT2D eigenvalue weighted by Gasteiger charge is -2.23. The van der Waals surface area contributed by atoms with Gasteiger partial charge in [-0.05, 0) is 18.9 Å². The number of aromatic nitrogens is 2. The molecule has 1 N–H and O–H groups in total. The van der Waals surface area contributed by atoms with Gasteiger partial charge in [0.15, 0.2) is 0 Å². The largest absolute Gasteiger partial charge is 0.366 e. The van der Waals surface area contributed by atoms with Crippen molar-refractivity contribution in [1.82, 2.24) is 9.97 Å². The zero-order valence-corrected chi connectivity index (χ0v) is 12.0. The maximum atomic E-state index is 10.9. The first kappa shape index (κ1) is 13.7. The highest BCUT2D eigenvalue weighted by atomic mass is 16.1. The molecular formula is C17H19N3O. The fourth-order valence-corrected chi connectivity index (χ4v) is 2.80. The monoisotopic (exact) mass is 281 g/mol. The molecule has 1 aromatic heterocycles. The van der Waals surface area contributed by atoms with Crippen LogP contribution < -0.4 is 5.32 Å². The van der Waals surface area contributed by atoms with Gasteiger partial charge in [-0.25, -0.2) is 4.98 Å². The summed E-state index contributed by atoms with van der Waals surface area (Å²) in [5.74, 6) is 0.816. The Morgan fingerprint density at radius 2 is 2.00 bits per heavy atom.